The normalized spacial score (nSPS) is 17.1. The Morgan fingerprint density at radius 3 is 2.17 bits per heavy atom. The maximum Gasteiger partial charge on any atom is 0.279 e. The van der Waals surface area contributed by atoms with Gasteiger partial charge in [-0.05, 0) is 49.4 Å². The standard InChI is InChI=1S/C24H24N2O2S/c1-19-12-15-23(16-13-19)29(27,28)26-22(18-20-8-4-2-5-9-20)14-17-24(25-26)21-10-6-3-7-11-21/h2-13,15-16,22H,14,17-18H2,1H3/t22-/m0/s1. The van der Waals surface area contributed by atoms with E-state index in [9.17, 15) is 8.42 Å². The van der Waals surface area contributed by atoms with Gasteiger partial charge < -0.3 is 0 Å². The first-order chi connectivity index (χ1) is 14.0. The van der Waals surface area contributed by atoms with Gasteiger partial charge >= 0.3 is 0 Å². The lowest BCUT2D eigenvalue weighted by atomic mass is 9.97. The minimum Gasteiger partial charge on any atom is -0.200 e. The van der Waals surface area contributed by atoms with E-state index in [0.717, 1.165) is 35.2 Å². The van der Waals surface area contributed by atoms with Crippen LogP contribution in [0.3, 0.4) is 0 Å². The summed E-state index contributed by atoms with van der Waals surface area (Å²) in [4.78, 5) is 0.277. The van der Waals surface area contributed by atoms with Gasteiger partial charge in [0.15, 0.2) is 0 Å². The van der Waals surface area contributed by atoms with Crippen molar-refractivity contribution in [2.75, 3.05) is 0 Å². The zero-order valence-electron chi connectivity index (χ0n) is 16.4. The van der Waals surface area contributed by atoms with E-state index in [-0.39, 0.29) is 10.9 Å². The van der Waals surface area contributed by atoms with Crippen LogP contribution < -0.4 is 0 Å². The van der Waals surface area contributed by atoms with Gasteiger partial charge in [-0.1, -0.05) is 78.4 Å². The van der Waals surface area contributed by atoms with Crippen molar-refractivity contribution in [3.05, 3.63) is 102 Å². The summed E-state index contributed by atoms with van der Waals surface area (Å²) in [5.41, 5.74) is 3.91. The van der Waals surface area contributed by atoms with Crippen molar-refractivity contribution >= 4 is 15.7 Å². The molecule has 3 aromatic carbocycles. The third-order valence-corrected chi connectivity index (χ3v) is 6.97. The fourth-order valence-electron chi connectivity index (χ4n) is 3.63. The molecule has 0 aliphatic carbocycles. The lowest BCUT2D eigenvalue weighted by molar-refractivity contribution is 0.301. The van der Waals surface area contributed by atoms with Crippen LogP contribution >= 0.6 is 0 Å². The van der Waals surface area contributed by atoms with E-state index in [0.29, 0.717) is 6.42 Å². The summed E-state index contributed by atoms with van der Waals surface area (Å²) >= 11 is 0. The van der Waals surface area contributed by atoms with Gasteiger partial charge in [-0.2, -0.15) is 17.9 Å². The number of nitrogens with zero attached hydrogens (tertiary/aromatic N) is 2. The molecule has 29 heavy (non-hydrogen) atoms. The highest BCUT2D eigenvalue weighted by Crippen LogP contribution is 2.28. The molecule has 3 aromatic rings. The summed E-state index contributed by atoms with van der Waals surface area (Å²) < 4.78 is 28.3. The van der Waals surface area contributed by atoms with Crippen LogP contribution in [0.15, 0.2) is 94.9 Å². The van der Waals surface area contributed by atoms with Crippen LogP contribution in [0.4, 0.5) is 0 Å². The van der Waals surface area contributed by atoms with Crippen molar-refractivity contribution in [2.45, 2.75) is 37.1 Å². The first-order valence-electron chi connectivity index (χ1n) is 9.82. The van der Waals surface area contributed by atoms with Crippen molar-refractivity contribution < 1.29 is 8.42 Å². The molecule has 0 saturated heterocycles. The lowest BCUT2D eigenvalue weighted by Gasteiger charge is -2.33. The molecule has 4 rings (SSSR count). The maximum atomic E-state index is 13.5. The lowest BCUT2D eigenvalue weighted by Crippen LogP contribution is -2.41. The number of hydrazone groups is 1. The number of rotatable bonds is 5. The molecule has 0 amide bonds. The third-order valence-electron chi connectivity index (χ3n) is 5.23. The molecule has 1 heterocycles. The fraction of sp³-hybridized carbons (Fsp3) is 0.208. The van der Waals surface area contributed by atoms with Gasteiger partial charge in [0.25, 0.3) is 10.0 Å². The molecule has 4 nitrogen and oxygen atoms in total. The van der Waals surface area contributed by atoms with Gasteiger partial charge in [0.05, 0.1) is 16.6 Å². The Balaban J connectivity index is 1.74. The van der Waals surface area contributed by atoms with E-state index >= 15 is 0 Å². The van der Waals surface area contributed by atoms with E-state index in [2.05, 4.69) is 5.10 Å². The molecule has 1 atom stereocenters. The average Bonchev–Trinajstić information content (AvgIpc) is 2.75. The molecule has 0 spiro atoms. The zero-order valence-corrected chi connectivity index (χ0v) is 17.2. The van der Waals surface area contributed by atoms with Gasteiger partial charge in [0.2, 0.25) is 0 Å². The van der Waals surface area contributed by atoms with Crippen molar-refractivity contribution in [2.24, 2.45) is 5.10 Å². The van der Waals surface area contributed by atoms with Crippen LogP contribution in [0.25, 0.3) is 0 Å². The van der Waals surface area contributed by atoms with E-state index in [4.69, 9.17) is 0 Å². The Morgan fingerprint density at radius 2 is 1.52 bits per heavy atom. The second-order valence-electron chi connectivity index (χ2n) is 7.39. The average molecular weight is 405 g/mol. The predicted octanol–water partition coefficient (Wildman–Crippen LogP) is 4.80. The number of sulfonamides is 1. The Labute approximate surface area is 172 Å². The van der Waals surface area contributed by atoms with Crippen LogP contribution in [0.5, 0.6) is 0 Å². The monoisotopic (exact) mass is 404 g/mol. The molecule has 0 saturated carbocycles. The molecule has 0 N–H and O–H groups in total. The number of aryl methyl sites for hydroxylation is 1. The summed E-state index contributed by atoms with van der Waals surface area (Å²) in [6.07, 6.45) is 2.12. The summed E-state index contributed by atoms with van der Waals surface area (Å²) in [5, 5.41) is 4.66. The van der Waals surface area contributed by atoms with E-state index in [1.165, 1.54) is 4.41 Å². The summed E-state index contributed by atoms with van der Waals surface area (Å²) in [6, 6.07) is 26.6. The molecule has 0 unspecified atom stereocenters. The summed E-state index contributed by atoms with van der Waals surface area (Å²) in [7, 11) is -3.74. The Morgan fingerprint density at radius 1 is 0.897 bits per heavy atom. The van der Waals surface area contributed by atoms with Gasteiger partial charge in [-0.3, -0.25) is 0 Å². The quantitative estimate of drug-likeness (QED) is 0.614. The zero-order chi connectivity index (χ0) is 20.3. The number of hydrogen-bond donors (Lipinski definition) is 0. The van der Waals surface area contributed by atoms with Crippen molar-refractivity contribution in [1.82, 2.24) is 4.41 Å². The molecule has 1 aliphatic heterocycles. The third kappa shape index (κ3) is 4.25. The SMILES string of the molecule is Cc1ccc(S(=O)(=O)N2N=C(c3ccccc3)CC[C@H]2Cc2ccccc2)cc1. The van der Waals surface area contributed by atoms with Crippen molar-refractivity contribution in [1.29, 1.82) is 0 Å². The molecule has 0 bridgehead atoms. The topological polar surface area (TPSA) is 49.7 Å². The highest BCUT2D eigenvalue weighted by Gasteiger charge is 2.34. The Bertz CT molecular complexity index is 1090. The van der Waals surface area contributed by atoms with E-state index in [1.807, 2.05) is 79.7 Å². The van der Waals surface area contributed by atoms with Crippen molar-refractivity contribution in [3.8, 4) is 0 Å². The molecule has 148 valence electrons. The van der Waals surface area contributed by atoms with Crippen LogP contribution in [0.2, 0.25) is 0 Å². The molecular formula is C24H24N2O2S. The largest absolute Gasteiger partial charge is 0.279 e. The second kappa shape index (κ2) is 8.21. The summed E-state index contributed by atoms with van der Waals surface area (Å²) in [5.74, 6) is 0. The fourth-order valence-corrected chi connectivity index (χ4v) is 5.11. The maximum absolute atomic E-state index is 13.5. The Hall–Kier alpha value is -2.92. The van der Waals surface area contributed by atoms with Gasteiger partial charge in [0, 0.05) is 0 Å². The highest BCUT2D eigenvalue weighted by atomic mass is 32.2. The number of benzene rings is 3. The smallest absolute Gasteiger partial charge is 0.200 e. The van der Waals surface area contributed by atoms with E-state index < -0.39 is 10.0 Å². The molecular weight excluding hydrogens is 380 g/mol. The van der Waals surface area contributed by atoms with Crippen LogP contribution in [0, 0.1) is 6.92 Å². The van der Waals surface area contributed by atoms with Gasteiger partial charge in [-0.15, -0.1) is 0 Å². The second-order valence-corrected chi connectivity index (χ2v) is 9.18. The Kier molecular flexibility index (Phi) is 5.49. The number of hydrogen-bond acceptors (Lipinski definition) is 3. The molecule has 1 aliphatic rings. The predicted molar refractivity (Wildman–Crippen MR) is 116 cm³/mol. The van der Waals surface area contributed by atoms with Crippen molar-refractivity contribution in [3.63, 3.8) is 0 Å². The van der Waals surface area contributed by atoms with Gasteiger partial charge in [0.1, 0.15) is 0 Å². The first-order valence-corrected chi connectivity index (χ1v) is 11.3. The van der Waals surface area contributed by atoms with Gasteiger partial charge in [-0.25, -0.2) is 0 Å². The van der Waals surface area contributed by atoms with Crippen LogP contribution in [-0.4, -0.2) is 24.6 Å². The molecule has 5 heteroatoms. The molecule has 0 aromatic heterocycles. The highest BCUT2D eigenvalue weighted by molar-refractivity contribution is 7.89. The molecule has 0 radical (unpaired) electrons. The minimum absolute atomic E-state index is 0.212. The van der Waals surface area contributed by atoms with E-state index in [1.54, 1.807) is 12.1 Å². The summed E-state index contributed by atoms with van der Waals surface area (Å²) in [6.45, 7) is 1.95. The molecule has 0 fully saturated rings. The minimum atomic E-state index is -3.74. The first kappa shape index (κ1) is 19.4. The van der Waals surface area contributed by atoms with Crippen LogP contribution in [0.1, 0.15) is 29.5 Å². The van der Waals surface area contributed by atoms with Crippen LogP contribution in [-0.2, 0) is 16.4 Å².